The second-order valence-electron chi connectivity index (χ2n) is 8.27. The van der Waals surface area contributed by atoms with Crippen LogP contribution in [-0.2, 0) is 24.2 Å². The molecule has 0 atom stereocenters. The molecule has 1 aromatic carbocycles. The number of fused-ring (bicyclic) bond motifs is 1. The van der Waals surface area contributed by atoms with Crippen LogP contribution < -0.4 is 11.0 Å². The lowest BCUT2D eigenvalue weighted by atomic mass is 10.1. The molecule has 1 heterocycles. The van der Waals surface area contributed by atoms with Crippen molar-refractivity contribution in [3.8, 4) is 0 Å². The molecule has 1 N–H and O–H groups in total. The molecule has 3 rings (SSSR count). The van der Waals surface area contributed by atoms with Crippen molar-refractivity contribution in [2.75, 3.05) is 30.7 Å². The van der Waals surface area contributed by atoms with Crippen molar-refractivity contribution in [2.45, 2.75) is 65.5 Å². The number of benzene rings is 1. The third kappa shape index (κ3) is 5.57. The van der Waals surface area contributed by atoms with Crippen LogP contribution in [0.15, 0.2) is 22.0 Å². The fourth-order valence-corrected chi connectivity index (χ4v) is 5.28. The number of likely N-dealkylation sites (N-methyl/N-ethyl adjacent to an activating group) is 1. The van der Waals surface area contributed by atoms with Gasteiger partial charge in [-0.2, -0.15) is 4.98 Å². The van der Waals surface area contributed by atoms with Crippen LogP contribution >= 0.6 is 11.8 Å². The van der Waals surface area contributed by atoms with Gasteiger partial charge in [0, 0.05) is 30.0 Å². The van der Waals surface area contributed by atoms with Gasteiger partial charge in [-0.1, -0.05) is 43.3 Å². The molecule has 168 valence electrons. The maximum Gasteiger partial charge on any atom is 0.348 e. The van der Waals surface area contributed by atoms with Gasteiger partial charge in [-0.3, -0.25) is 9.36 Å². The van der Waals surface area contributed by atoms with E-state index in [1.54, 1.807) is 0 Å². The van der Waals surface area contributed by atoms with Gasteiger partial charge in [0.05, 0.1) is 5.75 Å². The third-order valence-electron chi connectivity index (χ3n) is 6.02. The fourth-order valence-electron chi connectivity index (χ4n) is 4.40. The number of carbonyl (C=O) groups excluding carboxylic acids is 1. The van der Waals surface area contributed by atoms with Gasteiger partial charge >= 0.3 is 5.69 Å². The monoisotopic (exact) mass is 442 g/mol. The Bertz CT molecular complexity index is 988. The summed E-state index contributed by atoms with van der Waals surface area (Å²) in [5, 5.41) is 3.76. The van der Waals surface area contributed by atoms with Gasteiger partial charge in [0.25, 0.3) is 0 Å². The van der Waals surface area contributed by atoms with Crippen LogP contribution in [-0.4, -0.2) is 45.7 Å². The van der Waals surface area contributed by atoms with Crippen LogP contribution in [0.3, 0.4) is 0 Å². The van der Waals surface area contributed by atoms with Crippen molar-refractivity contribution in [1.29, 1.82) is 0 Å². The second kappa shape index (κ2) is 10.5. The maximum atomic E-state index is 12.8. The lowest BCUT2D eigenvalue weighted by Crippen LogP contribution is -2.34. The van der Waals surface area contributed by atoms with Gasteiger partial charge in [-0.25, -0.2) is 4.79 Å². The lowest BCUT2D eigenvalue weighted by Gasteiger charge is -2.20. The summed E-state index contributed by atoms with van der Waals surface area (Å²) in [5.41, 5.74) is 6.25. The standard InChI is InChI=1S/C24H34N4O2S/c1-6-27(7-2)11-12-28-20-10-8-9-19(20)23(26-24(28)30)31-15-21(29)25-22-17(4)13-16(3)14-18(22)5/h13-14H,6-12,15H2,1-5H3,(H,25,29). The quantitative estimate of drug-likeness (QED) is 0.473. The smallest absolute Gasteiger partial charge is 0.325 e. The van der Waals surface area contributed by atoms with Gasteiger partial charge in [0.15, 0.2) is 0 Å². The van der Waals surface area contributed by atoms with Gasteiger partial charge in [0.2, 0.25) is 5.91 Å². The average molecular weight is 443 g/mol. The summed E-state index contributed by atoms with van der Waals surface area (Å²) in [6.07, 6.45) is 2.87. The molecular weight excluding hydrogens is 408 g/mol. The summed E-state index contributed by atoms with van der Waals surface area (Å²) in [7, 11) is 0. The van der Waals surface area contributed by atoms with Crippen molar-refractivity contribution in [3.63, 3.8) is 0 Å². The van der Waals surface area contributed by atoms with Crippen LogP contribution in [0.2, 0.25) is 0 Å². The molecule has 0 bridgehead atoms. The third-order valence-corrected chi connectivity index (χ3v) is 7.03. The maximum absolute atomic E-state index is 12.8. The van der Waals surface area contributed by atoms with Crippen molar-refractivity contribution in [2.24, 2.45) is 0 Å². The van der Waals surface area contributed by atoms with Gasteiger partial charge in [0.1, 0.15) is 5.03 Å². The normalized spacial score (nSPS) is 13.0. The van der Waals surface area contributed by atoms with E-state index in [2.05, 4.69) is 48.1 Å². The van der Waals surface area contributed by atoms with E-state index in [1.807, 2.05) is 18.4 Å². The zero-order chi connectivity index (χ0) is 22.5. The summed E-state index contributed by atoms with van der Waals surface area (Å²) >= 11 is 1.38. The van der Waals surface area contributed by atoms with Crippen molar-refractivity contribution < 1.29 is 4.79 Å². The van der Waals surface area contributed by atoms with Crippen LogP contribution in [0, 0.1) is 20.8 Å². The molecule has 0 unspecified atom stereocenters. The summed E-state index contributed by atoms with van der Waals surface area (Å²) in [6, 6.07) is 4.14. The van der Waals surface area contributed by atoms with E-state index in [0.717, 1.165) is 72.0 Å². The predicted molar refractivity (Wildman–Crippen MR) is 128 cm³/mol. The Morgan fingerprint density at radius 3 is 2.48 bits per heavy atom. The minimum Gasteiger partial charge on any atom is -0.325 e. The molecular formula is C24H34N4O2S. The van der Waals surface area contributed by atoms with Crippen LogP contribution in [0.4, 0.5) is 5.69 Å². The van der Waals surface area contributed by atoms with Crippen LogP contribution in [0.5, 0.6) is 0 Å². The van der Waals surface area contributed by atoms with Crippen LogP contribution in [0.25, 0.3) is 0 Å². The summed E-state index contributed by atoms with van der Waals surface area (Å²) in [4.78, 5) is 32.1. The molecule has 0 radical (unpaired) electrons. The predicted octanol–water partition coefficient (Wildman–Crippen LogP) is 3.73. The lowest BCUT2D eigenvalue weighted by molar-refractivity contribution is -0.113. The van der Waals surface area contributed by atoms with Crippen LogP contribution in [0.1, 0.15) is 48.2 Å². The first kappa shape index (κ1) is 23.5. The van der Waals surface area contributed by atoms with E-state index in [9.17, 15) is 9.59 Å². The molecule has 0 aliphatic heterocycles. The average Bonchev–Trinajstić information content (AvgIpc) is 3.21. The van der Waals surface area contributed by atoms with Crippen molar-refractivity contribution in [3.05, 3.63) is 50.6 Å². The largest absolute Gasteiger partial charge is 0.348 e. The van der Waals surface area contributed by atoms with E-state index in [-0.39, 0.29) is 17.3 Å². The molecule has 1 aliphatic rings. The first-order valence-corrected chi connectivity index (χ1v) is 12.2. The molecule has 0 saturated carbocycles. The summed E-state index contributed by atoms with van der Waals surface area (Å²) in [5.74, 6) is 0.175. The Labute approximate surface area is 189 Å². The van der Waals surface area contributed by atoms with E-state index < -0.39 is 0 Å². The Hall–Kier alpha value is -2.12. The number of rotatable bonds is 9. The first-order valence-electron chi connectivity index (χ1n) is 11.2. The highest BCUT2D eigenvalue weighted by molar-refractivity contribution is 8.00. The molecule has 0 fully saturated rings. The highest BCUT2D eigenvalue weighted by Crippen LogP contribution is 2.29. The molecule has 1 aliphatic carbocycles. The summed E-state index contributed by atoms with van der Waals surface area (Å²) < 4.78 is 1.85. The number of nitrogens with zero attached hydrogens (tertiary/aromatic N) is 3. The molecule has 6 nitrogen and oxygen atoms in total. The molecule has 0 spiro atoms. The van der Waals surface area contributed by atoms with Gasteiger partial charge < -0.3 is 10.2 Å². The SMILES string of the molecule is CCN(CC)CCn1c2c(c(SCC(=O)Nc3c(C)cc(C)cc3C)nc1=O)CCC2. The first-order chi connectivity index (χ1) is 14.8. The van der Waals surface area contributed by atoms with E-state index >= 15 is 0 Å². The number of carbonyl (C=O) groups is 1. The number of aryl methyl sites for hydroxylation is 3. The van der Waals surface area contributed by atoms with Gasteiger partial charge in [-0.15, -0.1) is 0 Å². The second-order valence-corrected chi connectivity index (χ2v) is 9.23. The minimum absolute atomic E-state index is 0.0701. The Kier molecular flexibility index (Phi) is 7.94. The zero-order valence-corrected chi connectivity index (χ0v) is 20.2. The zero-order valence-electron chi connectivity index (χ0n) is 19.4. The van der Waals surface area contributed by atoms with E-state index in [0.29, 0.717) is 6.54 Å². The number of thioether (sulfide) groups is 1. The fraction of sp³-hybridized carbons (Fsp3) is 0.542. The molecule has 1 aromatic heterocycles. The number of hydrogen-bond donors (Lipinski definition) is 1. The highest BCUT2D eigenvalue weighted by Gasteiger charge is 2.23. The Morgan fingerprint density at radius 2 is 1.84 bits per heavy atom. The number of anilines is 1. The number of aromatic nitrogens is 2. The van der Waals surface area contributed by atoms with Gasteiger partial charge in [-0.05, 0) is 64.3 Å². The molecule has 2 aromatic rings. The number of nitrogens with one attached hydrogen (secondary N) is 1. The highest BCUT2D eigenvalue weighted by atomic mass is 32.2. The molecule has 1 amide bonds. The van der Waals surface area contributed by atoms with E-state index in [1.165, 1.54) is 17.3 Å². The number of amides is 1. The Balaban J connectivity index is 1.71. The summed E-state index contributed by atoms with van der Waals surface area (Å²) in [6.45, 7) is 13.8. The van der Waals surface area contributed by atoms with Crippen molar-refractivity contribution >= 4 is 23.4 Å². The molecule has 0 saturated heterocycles. The molecule has 31 heavy (non-hydrogen) atoms. The minimum atomic E-state index is -0.194. The topological polar surface area (TPSA) is 67.2 Å². The number of hydrogen-bond acceptors (Lipinski definition) is 5. The van der Waals surface area contributed by atoms with Crippen molar-refractivity contribution in [1.82, 2.24) is 14.5 Å². The Morgan fingerprint density at radius 1 is 1.16 bits per heavy atom. The van der Waals surface area contributed by atoms with E-state index in [4.69, 9.17) is 0 Å². The molecule has 7 heteroatoms.